The van der Waals surface area contributed by atoms with Crippen LogP contribution in [-0.2, 0) is 0 Å². The van der Waals surface area contributed by atoms with Crippen molar-refractivity contribution in [2.45, 2.75) is 66.0 Å². The largest absolute Gasteiger partial charge is 0.386 e. The lowest BCUT2D eigenvalue weighted by Crippen LogP contribution is -2.52. The molecular weight excluding hydrogens is 246 g/mol. The van der Waals surface area contributed by atoms with E-state index in [0.29, 0.717) is 0 Å². The Balaban J connectivity index is 3.22. The zero-order valence-electron chi connectivity index (χ0n) is 14.0. The van der Waals surface area contributed by atoms with Gasteiger partial charge in [0.05, 0.1) is 11.6 Å². The van der Waals surface area contributed by atoms with Gasteiger partial charge in [-0.1, -0.05) is 45.9 Å². The quantitative estimate of drug-likeness (QED) is 0.806. The third-order valence-electron chi connectivity index (χ3n) is 4.97. The third-order valence-corrected chi connectivity index (χ3v) is 4.97. The van der Waals surface area contributed by atoms with Gasteiger partial charge in [0.15, 0.2) is 0 Å². The molecule has 114 valence electrons. The van der Waals surface area contributed by atoms with Crippen LogP contribution in [0.3, 0.4) is 0 Å². The number of rotatable bonds is 7. The molecule has 0 radical (unpaired) electrons. The first-order valence-electron chi connectivity index (χ1n) is 7.97. The van der Waals surface area contributed by atoms with Crippen LogP contribution in [-0.4, -0.2) is 28.6 Å². The van der Waals surface area contributed by atoms with Gasteiger partial charge in [-0.15, -0.1) is 0 Å². The predicted octanol–water partition coefficient (Wildman–Crippen LogP) is 4.24. The molecule has 0 saturated heterocycles. The van der Waals surface area contributed by atoms with Gasteiger partial charge in [0.2, 0.25) is 0 Å². The van der Waals surface area contributed by atoms with Crippen molar-refractivity contribution in [2.75, 3.05) is 13.1 Å². The van der Waals surface area contributed by atoms with Gasteiger partial charge in [0.1, 0.15) is 0 Å². The molecule has 1 unspecified atom stereocenters. The maximum atomic E-state index is 11.0. The Labute approximate surface area is 124 Å². The van der Waals surface area contributed by atoms with Crippen molar-refractivity contribution in [2.24, 2.45) is 0 Å². The molecule has 1 N–H and O–H groups in total. The maximum absolute atomic E-state index is 11.0. The van der Waals surface area contributed by atoms with Crippen LogP contribution < -0.4 is 0 Å². The summed E-state index contributed by atoms with van der Waals surface area (Å²) in [6, 6.07) is 6.34. The van der Waals surface area contributed by atoms with Gasteiger partial charge in [-0.2, -0.15) is 0 Å². The summed E-state index contributed by atoms with van der Waals surface area (Å²) in [5.74, 6) is 0. The average molecular weight is 277 g/mol. The van der Waals surface area contributed by atoms with E-state index in [4.69, 9.17) is 0 Å². The summed E-state index contributed by atoms with van der Waals surface area (Å²) in [6.07, 6.45) is 1.48. The lowest BCUT2D eigenvalue weighted by molar-refractivity contribution is -0.0366. The fourth-order valence-corrected chi connectivity index (χ4v) is 3.36. The van der Waals surface area contributed by atoms with Gasteiger partial charge in [-0.25, -0.2) is 0 Å². The standard InChI is InChI=1S/C18H31NO/c1-7-18(8-2,19(9-3)10-4)17(20)16-12-11-14(5)15(6)13-16/h11-13,17,20H,7-10H2,1-6H3. The number of aryl methyl sites for hydroxylation is 2. The molecule has 0 spiro atoms. The van der Waals surface area contributed by atoms with E-state index in [9.17, 15) is 5.11 Å². The van der Waals surface area contributed by atoms with Crippen LogP contribution in [0.5, 0.6) is 0 Å². The molecule has 2 heteroatoms. The molecule has 0 aromatic heterocycles. The van der Waals surface area contributed by atoms with E-state index in [2.05, 4.69) is 64.6 Å². The number of aliphatic hydroxyl groups is 1. The van der Waals surface area contributed by atoms with Crippen molar-refractivity contribution >= 4 is 0 Å². The first-order valence-corrected chi connectivity index (χ1v) is 7.97. The fraction of sp³-hybridized carbons (Fsp3) is 0.667. The predicted molar refractivity (Wildman–Crippen MR) is 87.1 cm³/mol. The highest BCUT2D eigenvalue weighted by atomic mass is 16.3. The van der Waals surface area contributed by atoms with Gasteiger partial charge in [0, 0.05) is 0 Å². The Kier molecular flexibility index (Phi) is 6.22. The van der Waals surface area contributed by atoms with Crippen molar-refractivity contribution in [3.05, 3.63) is 34.9 Å². The van der Waals surface area contributed by atoms with Crippen LogP contribution in [0.4, 0.5) is 0 Å². The van der Waals surface area contributed by atoms with E-state index >= 15 is 0 Å². The minimum absolute atomic E-state index is 0.162. The summed E-state index contributed by atoms with van der Waals surface area (Å²) < 4.78 is 0. The molecule has 0 amide bonds. The Morgan fingerprint density at radius 1 is 1.00 bits per heavy atom. The monoisotopic (exact) mass is 277 g/mol. The highest BCUT2D eigenvalue weighted by Crippen LogP contribution is 2.37. The Morgan fingerprint density at radius 2 is 1.55 bits per heavy atom. The molecule has 1 aromatic rings. The Hall–Kier alpha value is -0.860. The van der Waals surface area contributed by atoms with Crippen LogP contribution in [0.15, 0.2) is 18.2 Å². The lowest BCUT2D eigenvalue weighted by atomic mass is 9.80. The zero-order chi connectivity index (χ0) is 15.3. The van der Waals surface area contributed by atoms with Gasteiger partial charge in [-0.05, 0) is 56.5 Å². The summed E-state index contributed by atoms with van der Waals surface area (Å²) in [6.45, 7) is 14.9. The zero-order valence-corrected chi connectivity index (χ0v) is 14.0. The molecule has 0 aliphatic rings. The second kappa shape index (κ2) is 7.24. The first kappa shape index (κ1) is 17.2. The molecule has 0 fully saturated rings. The number of nitrogens with zero attached hydrogens (tertiary/aromatic N) is 1. The van der Waals surface area contributed by atoms with Crippen LogP contribution in [0.2, 0.25) is 0 Å². The Bertz CT molecular complexity index is 419. The van der Waals surface area contributed by atoms with E-state index in [-0.39, 0.29) is 5.54 Å². The van der Waals surface area contributed by atoms with Crippen molar-refractivity contribution in [3.8, 4) is 0 Å². The maximum Gasteiger partial charge on any atom is 0.0973 e. The molecule has 0 bridgehead atoms. The number of benzene rings is 1. The summed E-state index contributed by atoms with van der Waals surface area (Å²) in [7, 11) is 0. The van der Waals surface area contributed by atoms with Crippen LogP contribution >= 0.6 is 0 Å². The van der Waals surface area contributed by atoms with Crippen molar-refractivity contribution in [1.82, 2.24) is 4.90 Å². The highest BCUT2D eigenvalue weighted by Gasteiger charge is 2.39. The van der Waals surface area contributed by atoms with Gasteiger partial charge in [-0.3, -0.25) is 4.90 Å². The number of hydrogen-bond acceptors (Lipinski definition) is 2. The normalized spacial score (nSPS) is 13.8. The molecule has 2 nitrogen and oxygen atoms in total. The van der Waals surface area contributed by atoms with E-state index in [1.54, 1.807) is 0 Å². The van der Waals surface area contributed by atoms with Gasteiger partial charge in [0.25, 0.3) is 0 Å². The van der Waals surface area contributed by atoms with Crippen LogP contribution in [0.25, 0.3) is 0 Å². The van der Waals surface area contributed by atoms with Crippen molar-refractivity contribution in [1.29, 1.82) is 0 Å². The summed E-state index contributed by atoms with van der Waals surface area (Å²) >= 11 is 0. The molecule has 0 aliphatic heterocycles. The lowest BCUT2D eigenvalue weighted by Gasteiger charge is -2.46. The van der Waals surface area contributed by atoms with Crippen LogP contribution in [0.1, 0.15) is 63.3 Å². The molecule has 1 rings (SSSR count). The second-order valence-corrected chi connectivity index (χ2v) is 5.73. The molecule has 1 atom stereocenters. The van der Waals surface area contributed by atoms with E-state index in [1.165, 1.54) is 11.1 Å². The average Bonchev–Trinajstić information content (AvgIpc) is 2.47. The molecular formula is C18H31NO. The molecule has 0 saturated carbocycles. The molecule has 0 aliphatic carbocycles. The Morgan fingerprint density at radius 3 is 1.95 bits per heavy atom. The van der Waals surface area contributed by atoms with Crippen molar-refractivity contribution in [3.63, 3.8) is 0 Å². The number of likely N-dealkylation sites (N-methyl/N-ethyl adjacent to an activating group) is 1. The number of aliphatic hydroxyl groups excluding tert-OH is 1. The SMILES string of the molecule is CCN(CC)C(CC)(CC)C(O)c1ccc(C)c(C)c1. The topological polar surface area (TPSA) is 23.5 Å². The van der Waals surface area contributed by atoms with E-state index in [0.717, 1.165) is 31.5 Å². The smallest absolute Gasteiger partial charge is 0.0973 e. The molecule has 1 aromatic carbocycles. The summed E-state index contributed by atoms with van der Waals surface area (Å²) in [5.41, 5.74) is 3.42. The highest BCUT2D eigenvalue weighted by molar-refractivity contribution is 5.32. The fourth-order valence-electron chi connectivity index (χ4n) is 3.36. The summed E-state index contributed by atoms with van der Waals surface area (Å²) in [4.78, 5) is 2.41. The third kappa shape index (κ3) is 3.07. The minimum Gasteiger partial charge on any atom is -0.386 e. The van der Waals surface area contributed by atoms with Crippen LogP contribution in [0, 0.1) is 13.8 Å². The second-order valence-electron chi connectivity index (χ2n) is 5.73. The van der Waals surface area contributed by atoms with Crippen molar-refractivity contribution < 1.29 is 5.11 Å². The van der Waals surface area contributed by atoms with E-state index in [1.807, 2.05) is 0 Å². The molecule has 20 heavy (non-hydrogen) atoms. The first-order chi connectivity index (χ1) is 9.46. The molecule has 0 heterocycles. The van der Waals surface area contributed by atoms with Gasteiger partial charge >= 0.3 is 0 Å². The summed E-state index contributed by atoms with van der Waals surface area (Å²) in [5, 5.41) is 11.0. The minimum atomic E-state index is -0.434. The van der Waals surface area contributed by atoms with E-state index < -0.39 is 6.10 Å². The number of hydrogen-bond donors (Lipinski definition) is 1. The van der Waals surface area contributed by atoms with Gasteiger partial charge < -0.3 is 5.11 Å².